The van der Waals surface area contributed by atoms with Gasteiger partial charge in [0.15, 0.2) is 5.78 Å². The van der Waals surface area contributed by atoms with Gasteiger partial charge in [-0.25, -0.2) is 9.97 Å². The Morgan fingerprint density at radius 1 is 1.16 bits per heavy atom. The quantitative estimate of drug-likeness (QED) is 0.584. The van der Waals surface area contributed by atoms with Crippen molar-refractivity contribution in [3.63, 3.8) is 0 Å². The van der Waals surface area contributed by atoms with Crippen LogP contribution in [-0.4, -0.2) is 15.8 Å². The van der Waals surface area contributed by atoms with Crippen molar-refractivity contribution in [3.05, 3.63) is 58.9 Å². The summed E-state index contributed by atoms with van der Waals surface area (Å²) in [5, 5.41) is 1.56. The lowest BCUT2D eigenvalue weighted by molar-refractivity contribution is 0.0910. The number of benzene rings is 1. The number of thiazole rings is 1. The van der Waals surface area contributed by atoms with Gasteiger partial charge >= 0.3 is 0 Å². The molecule has 0 bridgehead atoms. The number of hydrogen-bond acceptors (Lipinski definition) is 4. The molecule has 0 N–H and O–H groups in total. The first kappa shape index (κ1) is 16.4. The summed E-state index contributed by atoms with van der Waals surface area (Å²) in [6.07, 6.45) is 3.24. The van der Waals surface area contributed by atoms with Gasteiger partial charge in [-0.3, -0.25) is 4.79 Å². The van der Waals surface area contributed by atoms with Gasteiger partial charge in [0.05, 0.1) is 16.3 Å². The van der Waals surface area contributed by atoms with E-state index in [1.807, 2.05) is 42.6 Å². The molecule has 1 aliphatic carbocycles. The van der Waals surface area contributed by atoms with Gasteiger partial charge in [0.2, 0.25) is 0 Å². The molecule has 0 aliphatic heterocycles. The Bertz CT molecular complexity index is 977. The predicted octanol–water partition coefficient (Wildman–Crippen LogP) is 5.68. The van der Waals surface area contributed by atoms with E-state index in [0.717, 1.165) is 38.8 Å². The number of carbonyl (C=O) groups is 1. The number of fused-ring (bicyclic) bond motifs is 1. The van der Waals surface area contributed by atoms with Crippen LogP contribution in [0.4, 0.5) is 0 Å². The molecular formula is C20H17ClN2OS. The van der Waals surface area contributed by atoms with Crippen molar-refractivity contribution in [3.8, 4) is 21.1 Å². The van der Waals surface area contributed by atoms with E-state index in [9.17, 15) is 4.79 Å². The second-order valence-corrected chi connectivity index (χ2v) is 8.64. The lowest BCUT2D eigenvalue weighted by Gasteiger charge is -2.29. The first-order chi connectivity index (χ1) is 11.9. The van der Waals surface area contributed by atoms with Gasteiger partial charge in [0, 0.05) is 23.2 Å². The molecule has 25 heavy (non-hydrogen) atoms. The molecular weight excluding hydrogens is 352 g/mol. The molecule has 0 spiro atoms. The maximum absolute atomic E-state index is 12.3. The molecule has 1 aliphatic rings. The average molecular weight is 369 g/mol. The van der Waals surface area contributed by atoms with Gasteiger partial charge in [0.1, 0.15) is 5.01 Å². The summed E-state index contributed by atoms with van der Waals surface area (Å²) in [6, 6.07) is 11.5. The number of nitrogens with zero attached hydrogens (tertiary/aromatic N) is 2. The summed E-state index contributed by atoms with van der Waals surface area (Å²) in [5.74, 6) is 0.184. The summed E-state index contributed by atoms with van der Waals surface area (Å²) < 4.78 is 0. The van der Waals surface area contributed by atoms with Crippen LogP contribution in [0.5, 0.6) is 0 Å². The molecule has 4 rings (SSSR count). The number of ketones is 1. The molecule has 2 heterocycles. The van der Waals surface area contributed by atoms with E-state index in [2.05, 4.69) is 18.8 Å². The van der Waals surface area contributed by atoms with Crippen molar-refractivity contribution < 1.29 is 4.79 Å². The van der Waals surface area contributed by atoms with Gasteiger partial charge in [-0.1, -0.05) is 37.6 Å². The van der Waals surface area contributed by atoms with Crippen LogP contribution >= 0.6 is 22.9 Å². The maximum Gasteiger partial charge on any atom is 0.165 e. The monoisotopic (exact) mass is 368 g/mol. The van der Waals surface area contributed by atoms with Gasteiger partial charge in [0.25, 0.3) is 0 Å². The molecule has 0 amide bonds. The Labute approximate surface area is 155 Å². The minimum atomic E-state index is -0.0372. The fraction of sp³-hybridized carbons (Fsp3) is 0.250. The number of halogens is 1. The molecule has 0 atom stereocenters. The van der Waals surface area contributed by atoms with Crippen molar-refractivity contribution >= 4 is 28.7 Å². The van der Waals surface area contributed by atoms with E-state index in [-0.39, 0.29) is 11.2 Å². The molecule has 3 aromatic rings. The van der Waals surface area contributed by atoms with Crippen LogP contribution in [0.3, 0.4) is 0 Å². The average Bonchev–Trinajstić information content (AvgIpc) is 3.03. The highest BCUT2D eigenvalue weighted by atomic mass is 35.5. The minimum absolute atomic E-state index is 0.0372. The van der Waals surface area contributed by atoms with E-state index in [4.69, 9.17) is 16.6 Å². The fourth-order valence-corrected chi connectivity index (χ4v) is 4.29. The smallest absolute Gasteiger partial charge is 0.165 e. The molecule has 0 fully saturated rings. The van der Waals surface area contributed by atoms with Crippen molar-refractivity contribution in [1.29, 1.82) is 0 Å². The van der Waals surface area contributed by atoms with Crippen LogP contribution in [0.25, 0.3) is 21.1 Å². The summed E-state index contributed by atoms with van der Waals surface area (Å²) in [7, 11) is 0. The number of hydrogen-bond donors (Lipinski definition) is 0. The molecule has 0 saturated heterocycles. The molecule has 3 nitrogen and oxygen atoms in total. The first-order valence-electron chi connectivity index (χ1n) is 8.17. The SMILES string of the molecule is CC1(C)CC(=O)c2ccc(-c3ncc(-c4cccc(Cl)c4)s3)nc2C1. The maximum atomic E-state index is 12.3. The lowest BCUT2D eigenvalue weighted by atomic mass is 9.75. The van der Waals surface area contributed by atoms with Gasteiger partial charge in [-0.05, 0) is 41.7 Å². The number of aromatic nitrogens is 2. The van der Waals surface area contributed by atoms with Crippen LogP contribution in [0, 0.1) is 5.41 Å². The molecule has 0 unspecified atom stereocenters. The summed E-state index contributed by atoms with van der Waals surface area (Å²) >= 11 is 7.66. The van der Waals surface area contributed by atoms with E-state index >= 15 is 0 Å². The molecule has 0 saturated carbocycles. The largest absolute Gasteiger partial charge is 0.294 e. The third-order valence-electron chi connectivity index (χ3n) is 4.39. The third kappa shape index (κ3) is 3.24. The Morgan fingerprint density at radius 3 is 2.80 bits per heavy atom. The van der Waals surface area contributed by atoms with Crippen molar-refractivity contribution in [2.24, 2.45) is 5.41 Å². The molecule has 0 radical (unpaired) electrons. The number of rotatable bonds is 2. The van der Waals surface area contributed by atoms with E-state index in [1.165, 1.54) is 0 Å². The summed E-state index contributed by atoms with van der Waals surface area (Å²) in [4.78, 5) is 22.6. The van der Waals surface area contributed by atoms with E-state index < -0.39 is 0 Å². The minimum Gasteiger partial charge on any atom is -0.294 e. The second-order valence-electron chi connectivity index (χ2n) is 7.17. The highest BCUT2D eigenvalue weighted by molar-refractivity contribution is 7.18. The topological polar surface area (TPSA) is 42.9 Å². The number of pyridine rings is 1. The zero-order valence-electron chi connectivity index (χ0n) is 14.0. The zero-order chi connectivity index (χ0) is 17.6. The number of carbonyl (C=O) groups excluding carboxylic acids is 1. The van der Waals surface area contributed by atoms with Crippen LogP contribution in [0.1, 0.15) is 36.3 Å². The van der Waals surface area contributed by atoms with Crippen molar-refractivity contribution in [2.75, 3.05) is 0 Å². The Balaban J connectivity index is 1.71. The highest BCUT2D eigenvalue weighted by Crippen LogP contribution is 2.36. The summed E-state index contributed by atoms with van der Waals surface area (Å²) in [6.45, 7) is 4.23. The first-order valence-corrected chi connectivity index (χ1v) is 9.36. The van der Waals surface area contributed by atoms with E-state index in [0.29, 0.717) is 11.4 Å². The highest BCUT2D eigenvalue weighted by Gasteiger charge is 2.32. The third-order valence-corrected chi connectivity index (χ3v) is 5.70. The zero-order valence-corrected chi connectivity index (χ0v) is 15.6. The van der Waals surface area contributed by atoms with E-state index in [1.54, 1.807) is 11.3 Å². The fourth-order valence-electron chi connectivity index (χ4n) is 3.22. The van der Waals surface area contributed by atoms with Crippen LogP contribution < -0.4 is 0 Å². The Kier molecular flexibility index (Phi) is 3.97. The van der Waals surface area contributed by atoms with Gasteiger partial charge < -0.3 is 0 Å². The normalized spacial score (nSPS) is 15.9. The summed E-state index contributed by atoms with van der Waals surface area (Å²) in [5.41, 5.74) is 3.48. The molecule has 126 valence electrons. The Hall–Kier alpha value is -2.04. The second kappa shape index (κ2) is 6.04. The predicted molar refractivity (Wildman–Crippen MR) is 102 cm³/mol. The van der Waals surface area contributed by atoms with Gasteiger partial charge in [-0.2, -0.15) is 0 Å². The molecule has 2 aromatic heterocycles. The van der Waals surface area contributed by atoms with Crippen LogP contribution in [-0.2, 0) is 6.42 Å². The standard InChI is InChI=1S/C20H17ClN2OS/c1-20(2)9-16-14(17(24)10-20)6-7-15(23-16)19-22-11-18(25-19)12-4-3-5-13(21)8-12/h3-8,11H,9-10H2,1-2H3. The van der Waals surface area contributed by atoms with Crippen molar-refractivity contribution in [2.45, 2.75) is 26.7 Å². The van der Waals surface area contributed by atoms with Crippen LogP contribution in [0.15, 0.2) is 42.6 Å². The number of Topliss-reactive ketones (excluding diaryl/α,β-unsaturated/α-hetero) is 1. The molecule has 1 aromatic carbocycles. The molecule has 5 heteroatoms. The lowest BCUT2D eigenvalue weighted by Crippen LogP contribution is -2.27. The van der Waals surface area contributed by atoms with Crippen LogP contribution in [0.2, 0.25) is 5.02 Å². The van der Waals surface area contributed by atoms with Crippen molar-refractivity contribution in [1.82, 2.24) is 9.97 Å². The Morgan fingerprint density at radius 2 is 2.00 bits per heavy atom. The van der Waals surface area contributed by atoms with Gasteiger partial charge in [-0.15, -0.1) is 11.3 Å².